The summed E-state index contributed by atoms with van der Waals surface area (Å²) >= 11 is 0. The van der Waals surface area contributed by atoms with E-state index in [1.54, 1.807) is 4.90 Å². The quantitative estimate of drug-likeness (QED) is 0.611. The number of carbonyl (C=O) groups is 1. The number of ether oxygens (including phenoxy) is 1. The highest BCUT2D eigenvalue weighted by molar-refractivity contribution is 5.76. The number of nitrogens with one attached hydrogen (secondary N) is 3. The summed E-state index contributed by atoms with van der Waals surface area (Å²) in [5.41, 5.74) is 2.73. The minimum atomic E-state index is 0.154. The van der Waals surface area contributed by atoms with Crippen LogP contribution in [0.2, 0.25) is 0 Å². The number of hydrogen-bond donors (Lipinski definition) is 3. The molecule has 0 aliphatic carbocycles. The van der Waals surface area contributed by atoms with E-state index in [1.807, 2.05) is 0 Å². The van der Waals surface area contributed by atoms with Crippen LogP contribution in [0.25, 0.3) is 0 Å². The van der Waals surface area contributed by atoms with Gasteiger partial charge in [0, 0.05) is 24.3 Å². The molecule has 0 spiro atoms. The van der Waals surface area contributed by atoms with Gasteiger partial charge in [-0.15, -0.1) is 0 Å². The normalized spacial score (nSPS) is 24.5. The van der Waals surface area contributed by atoms with Crippen molar-refractivity contribution >= 4 is 5.91 Å². The summed E-state index contributed by atoms with van der Waals surface area (Å²) in [6.45, 7) is 6.26. The molecule has 2 aliphatic heterocycles. The van der Waals surface area contributed by atoms with Crippen molar-refractivity contribution in [2.75, 3.05) is 45.9 Å². The van der Waals surface area contributed by atoms with E-state index in [1.165, 1.54) is 16.0 Å². The second kappa shape index (κ2) is 10.0. The smallest absolute Gasteiger partial charge is 0.275 e. The number of piperazine rings is 1. The number of carbonyl (C=O) groups excluding carboxylic acids is 1. The molecule has 2 aromatic carbocycles. The van der Waals surface area contributed by atoms with Crippen molar-refractivity contribution in [2.24, 2.45) is 0 Å². The average molecular weight is 396 g/mol. The van der Waals surface area contributed by atoms with Gasteiger partial charge in [0.2, 0.25) is 0 Å². The number of amides is 1. The second-order valence-corrected chi connectivity index (χ2v) is 8.28. The fourth-order valence-corrected chi connectivity index (χ4v) is 4.67. The summed E-state index contributed by atoms with van der Waals surface area (Å²) in [6.07, 6.45) is 2.39. The van der Waals surface area contributed by atoms with E-state index in [0.29, 0.717) is 19.1 Å². The number of rotatable bonds is 7. The van der Waals surface area contributed by atoms with E-state index in [2.05, 4.69) is 66.0 Å². The summed E-state index contributed by atoms with van der Waals surface area (Å²) in [4.78, 5) is 15.3. The van der Waals surface area contributed by atoms with Crippen LogP contribution in [-0.2, 0) is 9.53 Å². The standard InChI is InChI=1S/C24H31N3O2/c28-23(25-18-22-12-7-17-29-22)19-26-13-15-27(16-14-26)24(20-8-3-1-4-9-20)21-10-5-2-6-11-21/h1-6,8-11,22,24H,7,12-19H2,(H,25,28)/p+2/t22-/m1/s1. The molecule has 0 saturated carbocycles. The van der Waals surface area contributed by atoms with E-state index in [9.17, 15) is 4.79 Å². The van der Waals surface area contributed by atoms with Gasteiger partial charge in [-0.3, -0.25) is 4.79 Å². The molecule has 0 bridgehead atoms. The van der Waals surface area contributed by atoms with Crippen LogP contribution in [0.15, 0.2) is 60.7 Å². The molecule has 3 N–H and O–H groups in total. The third kappa shape index (κ3) is 5.44. The van der Waals surface area contributed by atoms with Crippen molar-refractivity contribution in [3.05, 3.63) is 71.8 Å². The zero-order chi connectivity index (χ0) is 19.9. The molecule has 0 aromatic heterocycles. The lowest BCUT2D eigenvalue weighted by Gasteiger charge is -2.35. The topological polar surface area (TPSA) is 47.2 Å². The minimum Gasteiger partial charge on any atom is -0.376 e. The molecule has 154 valence electrons. The van der Waals surface area contributed by atoms with Gasteiger partial charge in [0.05, 0.1) is 6.10 Å². The highest BCUT2D eigenvalue weighted by Gasteiger charge is 2.32. The van der Waals surface area contributed by atoms with Crippen molar-refractivity contribution in [2.45, 2.75) is 25.0 Å². The molecule has 5 heteroatoms. The molecular weight excluding hydrogens is 362 g/mol. The maximum absolute atomic E-state index is 12.3. The molecule has 2 saturated heterocycles. The van der Waals surface area contributed by atoms with Gasteiger partial charge in [-0.2, -0.15) is 0 Å². The van der Waals surface area contributed by atoms with Gasteiger partial charge in [-0.25, -0.2) is 0 Å². The Morgan fingerprint density at radius 3 is 2.14 bits per heavy atom. The maximum Gasteiger partial charge on any atom is 0.275 e. The Kier molecular flexibility index (Phi) is 6.93. The highest BCUT2D eigenvalue weighted by atomic mass is 16.5. The lowest BCUT2D eigenvalue weighted by Crippen LogP contribution is -3.28. The van der Waals surface area contributed by atoms with Crippen LogP contribution in [-0.4, -0.2) is 57.9 Å². The van der Waals surface area contributed by atoms with Crippen LogP contribution in [0.1, 0.15) is 30.0 Å². The Morgan fingerprint density at radius 1 is 0.966 bits per heavy atom. The maximum atomic E-state index is 12.3. The van der Waals surface area contributed by atoms with Crippen molar-refractivity contribution in [1.82, 2.24) is 5.32 Å². The van der Waals surface area contributed by atoms with E-state index in [4.69, 9.17) is 4.74 Å². The van der Waals surface area contributed by atoms with E-state index < -0.39 is 0 Å². The molecule has 2 heterocycles. The van der Waals surface area contributed by atoms with Crippen molar-refractivity contribution in [3.63, 3.8) is 0 Å². The van der Waals surface area contributed by atoms with Gasteiger partial charge < -0.3 is 19.9 Å². The third-order valence-electron chi connectivity index (χ3n) is 6.23. The molecule has 4 rings (SSSR count). The Bertz CT molecular complexity index is 715. The summed E-state index contributed by atoms with van der Waals surface area (Å²) in [5.74, 6) is 0.154. The molecule has 1 amide bonds. The summed E-state index contributed by atoms with van der Waals surface area (Å²) in [7, 11) is 0. The molecule has 0 unspecified atom stereocenters. The zero-order valence-electron chi connectivity index (χ0n) is 17.1. The predicted molar refractivity (Wildman–Crippen MR) is 113 cm³/mol. The number of benzene rings is 2. The van der Waals surface area contributed by atoms with Gasteiger partial charge >= 0.3 is 0 Å². The first-order valence-electron chi connectivity index (χ1n) is 11.0. The van der Waals surface area contributed by atoms with Crippen molar-refractivity contribution in [3.8, 4) is 0 Å². The van der Waals surface area contributed by atoms with Crippen molar-refractivity contribution < 1.29 is 19.3 Å². The van der Waals surface area contributed by atoms with Gasteiger partial charge in [0.1, 0.15) is 32.2 Å². The molecular formula is C24H33N3O2+2. The molecule has 5 nitrogen and oxygen atoms in total. The minimum absolute atomic E-state index is 0.154. The molecule has 0 radical (unpaired) electrons. The van der Waals surface area contributed by atoms with Crippen LogP contribution >= 0.6 is 0 Å². The first-order valence-corrected chi connectivity index (χ1v) is 11.0. The van der Waals surface area contributed by atoms with Gasteiger partial charge in [-0.05, 0) is 12.8 Å². The van der Waals surface area contributed by atoms with E-state index >= 15 is 0 Å². The first-order chi connectivity index (χ1) is 14.3. The Morgan fingerprint density at radius 2 is 1.59 bits per heavy atom. The van der Waals surface area contributed by atoms with Gasteiger partial charge in [0.15, 0.2) is 6.54 Å². The fourth-order valence-electron chi connectivity index (χ4n) is 4.67. The van der Waals surface area contributed by atoms with E-state index in [0.717, 1.165) is 45.6 Å². The van der Waals surface area contributed by atoms with Gasteiger partial charge in [0.25, 0.3) is 5.91 Å². The largest absolute Gasteiger partial charge is 0.376 e. The van der Waals surface area contributed by atoms with Crippen LogP contribution in [0.5, 0.6) is 0 Å². The SMILES string of the molecule is O=C(C[NH+]1CC[NH+](C(c2ccccc2)c2ccccc2)CC1)NC[C@H]1CCCO1. The lowest BCUT2D eigenvalue weighted by molar-refractivity contribution is -1.02. The van der Waals surface area contributed by atoms with Crippen molar-refractivity contribution in [1.29, 1.82) is 0 Å². The molecule has 1 atom stereocenters. The van der Waals surface area contributed by atoms with Gasteiger partial charge in [-0.1, -0.05) is 60.7 Å². The fraction of sp³-hybridized carbons (Fsp3) is 0.458. The zero-order valence-corrected chi connectivity index (χ0v) is 17.1. The van der Waals surface area contributed by atoms with E-state index in [-0.39, 0.29) is 12.0 Å². The summed E-state index contributed by atoms with van der Waals surface area (Å²) < 4.78 is 5.59. The first kappa shape index (κ1) is 20.1. The lowest BCUT2D eigenvalue weighted by atomic mass is 9.96. The molecule has 2 aliphatic rings. The third-order valence-corrected chi connectivity index (χ3v) is 6.23. The molecule has 2 aromatic rings. The Labute approximate surface area is 173 Å². The molecule has 29 heavy (non-hydrogen) atoms. The van der Waals surface area contributed by atoms with Crippen LogP contribution in [0, 0.1) is 0 Å². The number of hydrogen-bond acceptors (Lipinski definition) is 2. The molecule has 2 fully saturated rings. The predicted octanol–water partition coefficient (Wildman–Crippen LogP) is -0.145. The van der Waals surface area contributed by atoms with Crippen LogP contribution < -0.4 is 15.1 Å². The second-order valence-electron chi connectivity index (χ2n) is 8.28. The van der Waals surface area contributed by atoms with Crippen LogP contribution in [0.4, 0.5) is 0 Å². The Hall–Kier alpha value is -2.21. The summed E-state index contributed by atoms with van der Waals surface area (Å²) in [5, 5.41) is 3.07. The monoisotopic (exact) mass is 395 g/mol. The summed E-state index contributed by atoms with van der Waals surface area (Å²) in [6, 6.07) is 22.0. The number of quaternary nitrogens is 2. The average Bonchev–Trinajstić information content (AvgIpc) is 3.29. The Balaban J connectivity index is 1.32. The van der Waals surface area contributed by atoms with Crippen LogP contribution in [0.3, 0.4) is 0 Å². The highest BCUT2D eigenvalue weighted by Crippen LogP contribution is 2.18.